The molecule has 0 aliphatic carbocycles. The van der Waals surface area contributed by atoms with Gasteiger partial charge in [0.2, 0.25) is 0 Å². The van der Waals surface area contributed by atoms with Gasteiger partial charge in [0.05, 0.1) is 34.1 Å². The lowest BCUT2D eigenvalue weighted by atomic mass is 10.0. The Labute approximate surface area is 189 Å². The lowest BCUT2D eigenvalue weighted by Gasteiger charge is -2.40. The summed E-state index contributed by atoms with van der Waals surface area (Å²) in [6.07, 6.45) is 0. The predicted octanol–water partition coefficient (Wildman–Crippen LogP) is 8.74. The predicted molar refractivity (Wildman–Crippen MR) is 125 cm³/mol. The molecule has 30 heavy (non-hydrogen) atoms. The molecule has 0 fully saturated rings. The van der Waals surface area contributed by atoms with E-state index < -0.39 is 0 Å². The third-order valence-corrected chi connectivity index (χ3v) is 6.37. The number of hydrogen-bond donors (Lipinski definition) is 0. The number of rotatable bonds is 2. The Kier molecular flexibility index (Phi) is 4.83. The molecule has 1 aliphatic heterocycles. The van der Waals surface area contributed by atoms with E-state index in [4.69, 9.17) is 0 Å². The molecule has 0 saturated carbocycles. The summed E-state index contributed by atoms with van der Waals surface area (Å²) in [6.45, 7) is 0. The van der Waals surface area contributed by atoms with Gasteiger partial charge >= 0.3 is 0 Å². The second kappa shape index (κ2) is 7.52. The Morgan fingerprint density at radius 1 is 0.467 bits per heavy atom. The summed E-state index contributed by atoms with van der Waals surface area (Å²) in [6, 6.07) is 24.9. The van der Waals surface area contributed by atoms with E-state index in [0.29, 0.717) is 11.4 Å². The van der Waals surface area contributed by atoms with Gasteiger partial charge in [0, 0.05) is 8.95 Å². The van der Waals surface area contributed by atoms with Gasteiger partial charge < -0.3 is 9.80 Å². The zero-order valence-corrected chi connectivity index (χ0v) is 18.7. The van der Waals surface area contributed by atoms with E-state index in [1.807, 2.05) is 58.3 Å². The Bertz CT molecular complexity index is 1130. The molecule has 0 spiro atoms. The number of halogens is 4. The fourth-order valence-corrected chi connectivity index (χ4v) is 4.63. The van der Waals surface area contributed by atoms with Crippen LogP contribution < -0.4 is 9.80 Å². The molecule has 0 atom stereocenters. The van der Waals surface area contributed by atoms with Crippen molar-refractivity contribution in [2.75, 3.05) is 9.80 Å². The van der Waals surface area contributed by atoms with E-state index in [1.54, 1.807) is 12.1 Å². The average molecular weight is 528 g/mol. The van der Waals surface area contributed by atoms with Crippen LogP contribution in [0.4, 0.5) is 42.9 Å². The quantitative estimate of drug-likeness (QED) is 0.226. The van der Waals surface area contributed by atoms with Crippen molar-refractivity contribution < 1.29 is 8.78 Å². The van der Waals surface area contributed by atoms with E-state index in [2.05, 4.69) is 31.9 Å². The molecule has 0 radical (unpaired) electrons. The molecule has 2 nitrogen and oxygen atoms in total. The van der Waals surface area contributed by atoms with Gasteiger partial charge in [-0.25, -0.2) is 8.78 Å². The highest BCUT2D eigenvalue weighted by atomic mass is 79.9. The Balaban J connectivity index is 1.83. The van der Waals surface area contributed by atoms with Crippen LogP contribution in [0.1, 0.15) is 0 Å². The topological polar surface area (TPSA) is 6.48 Å². The highest BCUT2D eigenvalue weighted by Crippen LogP contribution is 2.55. The third-order valence-electron chi connectivity index (χ3n) is 5.03. The first-order chi connectivity index (χ1) is 14.5. The van der Waals surface area contributed by atoms with Crippen molar-refractivity contribution in [1.82, 2.24) is 0 Å². The van der Waals surface area contributed by atoms with Crippen molar-refractivity contribution in [1.29, 1.82) is 0 Å². The second-order valence-electron chi connectivity index (χ2n) is 6.84. The van der Waals surface area contributed by atoms with Gasteiger partial charge in [-0.1, -0.05) is 24.3 Å². The van der Waals surface area contributed by atoms with E-state index in [9.17, 15) is 8.78 Å². The minimum Gasteiger partial charge on any atom is -0.305 e. The van der Waals surface area contributed by atoms with Crippen molar-refractivity contribution in [3.63, 3.8) is 0 Å². The van der Waals surface area contributed by atoms with Crippen LogP contribution in [0.5, 0.6) is 0 Å². The molecule has 4 aromatic rings. The molecule has 0 aromatic heterocycles. The lowest BCUT2D eigenvalue weighted by Crippen LogP contribution is -2.24. The summed E-state index contributed by atoms with van der Waals surface area (Å²) >= 11 is 7.14. The fourth-order valence-electron chi connectivity index (χ4n) is 3.78. The zero-order chi connectivity index (χ0) is 20.8. The third kappa shape index (κ3) is 3.11. The first kappa shape index (κ1) is 19.3. The van der Waals surface area contributed by atoms with Gasteiger partial charge in [0.1, 0.15) is 11.6 Å². The molecule has 1 heterocycles. The van der Waals surface area contributed by atoms with E-state index >= 15 is 0 Å². The standard InChI is InChI=1S/C24H14Br2F2N2/c25-17-11-9-15(27)13-23(17)29-19-5-1-2-6-20(19)30(22-8-4-3-7-21(22)29)24-14-16(28)10-12-18(24)26/h1-14H. The molecule has 1 aliphatic rings. The molecule has 0 saturated heterocycles. The minimum atomic E-state index is -0.321. The maximum atomic E-state index is 14.2. The number of nitrogens with zero attached hydrogens (tertiary/aromatic N) is 2. The van der Waals surface area contributed by atoms with Crippen LogP contribution in [0.2, 0.25) is 0 Å². The van der Waals surface area contributed by atoms with E-state index in [1.165, 1.54) is 24.3 Å². The van der Waals surface area contributed by atoms with Gasteiger partial charge in [-0.3, -0.25) is 0 Å². The SMILES string of the molecule is Fc1ccc(Br)c(N2c3ccccc3N(c3cc(F)ccc3Br)c3ccccc32)c1. The largest absolute Gasteiger partial charge is 0.305 e. The number of fused-ring (bicyclic) bond motifs is 2. The van der Waals surface area contributed by atoms with Gasteiger partial charge in [0.25, 0.3) is 0 Å². The maximum Gasteiger partial charge on any atom is 0.125 e. The molecule has 0 N–H and O–H groups in total. The Morgan fingerprint density at radius 3 is 1.13 bits per heavy atom. The molecule has 0 unspecified atom stereocenters. The first-order valence-electron chi connectivity index (χ1n) is 9.23. The lowest BCUT2D eigenvalue weighted by molar-refractivity contribution is 0.627. The number of benzene rings is 4. The molecular weight excluding hydrogens is 514 g/mol. The molecular formula is C24H14Br2F2N2. The van der Waals surface area contributed by atoms with Crippen LogP contribution in [0.15, 0.2) is 93.9 Å². The Hall–Kier alpha value is -2.70. The van der Waals surface area contributed by atoms with Gasteiger partial charge in [-0.05, 0) is 92.5 Å². The molecule has 0 bridgehead atoms. The summed E-state index contributed by atoms with van der Waals surface area (Å²) in [4.78, 5) is 4.03. The molecule has 148 valence electrons. The van der Waals surface area contributed by atoms with E-state index in [-0.39, 0.29) is 11.6 Å². The maximum absolute atomic E-state index is 14.2. The monoisotopic (exact) mass is 526 g/mol. The molecule has 6 heteroatoms. The fraction of sp³-hybridized carbons (Fsp3) is 0. The normalized spacial score (nSPS) is 12.5. The van der Waals surface area contributed by atoms with Crippen LogP contribution in [0.3, 0.4) is 0 Å². The van der Waals surface area contributed by atoms with Gasteiger partial charge in [-0.2, -0.15) is 0 Å². The summed E-state index contributed by atoms with van der Waals surface area (Å²) in [5.74, 6) is -0.642. The molecule has 5 rings (SSSR count). The smallest absolute Gasteiger partial charge is 0.125 e. The number of anilines is 6. The van der Waals surface area contributed by atoms with E-state index in [0.717, 1.165) is 31.7 Å². The van der Waals surface area contributed by atoms with Crippen LogP contribution in [0.25, 0.3) is 0 Å². The Morgan fingerprint density at radius 2 is 0.800 bits per heavy atom. The van der Waals surface area contributed by atoms with Crippen molar-refractivity contribution in [3.05, 3.63) is 106 Å². The van der Waals surface area contributed by atoms with Gasteiger partial charge in [-0.15, -0.1) is 0 Å². The van der Waals surface area contributed by atoms with Crippen LogP contribution in [0, 0.1) is 11.6 Å². The van der Waals surface area contributed by atoms with Gasteiger partial charge in [0.15, 0.2) is 0 Å². The average Bonchev–Trinajstić information content (AvgIpc) is 2.76. The second-order valence-corrected chi connectivity index (χ2v) is 8.55. The van der Waals surface area contributed by atoms with Crippen molar-refractivity contribution in [2.45, 2.75) is 0 Å². The van der Waals surface area contributed by atoms with Crippen LogP contribution in [-0.2, 0) is 0 Å². The summed E-state index contributed by atoms with van der Waals surface area (Å²) < 4.78 is 29.9. The zero-order valence-electron chi connectivity index (χ0n) is 15.5. The number of para-hydroxylation sites is 4. The molecule has 4 aromatic carbocycles. The van der Waals surface area contributed by atoms with Crippen molar-refractivity contribution >= 4 is 66.0 Å². The number of hydrogen-bond acceptors (Lipinski definition) is 2. The first-order valence-corrected chi connectivity index (χ1v) is 10.8. The summed E-state index contributed by atoms with van der Waals surface area (Å²) in [5.41, 5.74) is 4.82. The van der Waals surface area contributed by atoms with Crippen molar-refractivity contribution in [3.8, 4) is 0 Å². The van der Waals surface area contributed by atoms with Crippen molar-refractivity contribution in [2.24, 2.45) is 0 Å². The van der Waals surface area contributed by atoms with Crippen LogP contribution >= 0.6 is 31.9 Å². The van der Waals surface area contributed by atoms with Crippen LogP contribution in [-0.4, -0.2) is 0 Å². The minimum absolute atomic E-state index is 0.321. The summed E-state index contributed by atoms with van der Waals surface area (Å²) in [5, 5.41) is 0. The highest BCUT2D eigenvalue weighted by Gasteiger charge is 2.31. The molecule has 0 amide bonds. The highest BCUT2D eigenvalue weighted by molar-refractivity contribution is 9.11. The summed E-state index contributed by atoms with van der Waals surface area (Å²) in [7, 11) is 0.